The minimum Gasteiger partial charge on any atom is -0.271 e. The third-order valence-corrected chi connectivity index (χ3v) is 3.00. The van der Waals surface area contributed by atoms with Crippen molar-refractivity contribution in [3.8, 4) is 0 Å². The molecule has 3 N–H and O–H groups in total. The van der Waals surface area contributed by atoms with E-state index >= 15 is 0 Å². The summed E-state index contributed by atoms with van der Waals surface area (Å²) in [5.74, 6) is 5.60. The maximum Gasteiger partial charge on any atom is 0.0460 e. The Hall–Kier alpha value is -0.860. The van der Waals surface area contributed by atoms with E-state index in [1.165, 1.54) is 37.7 Å². The summed E-state index contributed by atoms with van der Waals surface area (Å²) in [6.07, 6.45) is 7.71. The molecule has 1 rings (SSSR count). The zero-order valence-electron chi connectivity index (χ0n) is 10.3. The van der Waals surface area contributed by atoms with E-state index < -0.39 is 0 Å². The van der Waals surface area contributed by atoms with Crippen LogP contribution in [0, 0.1) is 0 Å². The van der Waals surface area contributed by atoms with E-state index in [1.54, 1.807) is 0 Å². The van der Waals surface area contributed by atoms with Crippen LogP contribution in [0.5, 0.6) is 0 Å². The number of nitrogens with one attached hydrogen (secondary N) is 1. The van der Waals surface area contributed by atoms with Crippen LogP contribution >= 0.6 is 0 Å². The van der Waals surface area contributed by atoms with Crippen molar-refractivity contribution < 1.29 is 0 Å². The first-order valence-electron chi connectivity index (χ1n) is 6.39. The van der Waals surface area contributed by atoms with Gasteiger partial charge in [0.15, 0.2) is 0 Å². The molecule has 0 heterocycles. The van der Waals surface area contributed by atoms with Crippen LogP contribution in [0.2, 0.25) is 0 Å². The van der Waals surface area contributed by atoms with Crippen LogP contribution in [0.3, 0.4) is 0 Å². The van der Waals surface area contributed by atoms with Gasteiger partial charge < -0.3 is 0 Å². The molecule has 0 aliphatic heterocycles. The molecule has 16 heavy (non-hydrogen) atoms. The van der Waals surface area contributed by atoms with E-state index in [0.717, 1.165) is 6.42 Å². The molecule has 0 fully saturated rings. The summed E-state index contributed by atoms with van der Waals surface area (Å²) in [6, 6.07) is 10.8. The van der Waals surface area contributed by atoms with Crippen LogP contribution in [0.4, 0.5) is 0 Å². The average molecular weight is 220 g/mol. The van der Waals surface area contributed by atoms with Crippen molar-refractivity contribution in [2.45, 2.75) is 51.5 Å². The minimum atomic E-state index is 0.308. The van der Waals surface area contributed by atoms with Crippen molar-refractivity contribution in [3.63, 3.8) is 0 Å². The van der Waals surface area contributed by atoms with E-state index in [9.17, 15) is 0 Å². The van der Waals surface area contributed by atoms with Gasteiger partial charge in [-0.25, -0.2) is 0 Å². The Kier molecular flexibility index (Phi) is 6.86. The predicted octanol–water partition coefficient (Wildman–Crippen LogP) is 3.55. The molecule has 2 heteroatoms. The Labute approximate surface area is 99.2 Å². The SMILES string of the molecule is CCCCCCCC(NN)c1ccccc1. The van der Waals surface area contributed by atoms with Gasteiger partial charge in [-0.2, -0.15) is 0 Å². The van der Waals surface area contributed by atoms with Crippen LogP contribution in [-0.2, 0) is 0 Å². The second-order valence-electron chi connectivity index (χ2n) is 4.33. The molecular weight excluding hydrogens is 196 g/mol. The molecule has 0 bridgehead atoms. The number of benzene rings is 1. The Morgan fingerprint density at radius 1 is 1.06 bits per heavy atom. The third-order valence-electron chi connectivity index (χ3n) is 3.00. The van der Waals surface area contributed by atoms with E-state index in [1.807, 2.05) is 6.07 Å². The molecular formula is C14H24N2. The highest BCUT2D eigenvalue weighted by Crippen LogP contribution is 2.19. The zero-order chi connectivity index (χ0) is 11.6. The summed E-state index contributed by atoms with van der Waals surface area (Å²) in [7, 11) is 0. The minimum absolute atomic E-state index is 0.308. The van der Waals surface area contributed by atoms with Crippen LogP contribution in [0.1, 0.15) is 57.1 Å². The molecule has 2 nitrogen and oxygen atoms in total. The molecule has 0 saturated carbocycles. The second-order valence-corrected chi connectivity index (χ2v) is 4.33. The maximum atomic E-state index is 5.60. The van der Waals surface area contributed by atoms with Crippen LogP contribution in [0.15, 0.2) is 30.3 Å². The molecule has 1 atom stereocenters. The summed E-state index contributed by atoms with van der Waals surface area (Å²) in [5, 5.41) is 0. The van der Waals surface area contributed by atoms with Crippen molar-refractivity contribution in [1.82, 2.24) is 5.43 Å². The smallest absolute Gasteiger partial charge is 0.0460 e. The van der Waals surface area contributed by atoms with Gasteiger partial charge in [0.2, 0.25) is 0 Å². The Morgan fingerprint density at radius 3 is 2.38 bits per heavy atom. The van der Waals surface area contributed by atoms with Crippen molar-refractivity contribution in [2.75, 3.05) is 0 Å². The molecule has 0 radical (unpaired) electrons. The van der Waals surface area contributed by atoms with Crippen molar-refractivity contribution in [2.24, 2.45) is 5.84 Å². The molecule has 1 aromatic carbocycles. The Morgan fingerprint density at radius 2 is 1.75 bits per heavy atom. The quantitative estimate of drug-likeness (QED) is 0.399. The van der Waals surface area contributed by atoms with E-state index in [0.29, 0.717) is 6.04 Å². The lowest BCUT2D eigenvalue weighted by Crippen LogP contribution is -2.27. The summed E-state index contributed by atoms with van der Waals surface area (Å²) < 4.78 is 0. The zero-order valence-corrected chi connectivity index (χ0v) is 10.3. The van der Waals surface area contributed by atoms with Crippen LogP contribution < -0.4 is 11.3 Å². The van der Waals surface area contributed by atoms with E-state index in [2.05, 4.69) is 36.6 Å². The number of hydrogen-bond acceptors (Lipinski definition) is 2. The van der Waals surface area contributed by atoms with Crippen molar-refractivity contribution >= 4 is 0 Å². The van der Waals surface area contributed by atoms with Gasteiger partial charge >= 0.3 is 0 Å². The van der Waals surface area contributed by atoms with E-state index in [4.69, 9.17) is 5.84 Å². The lowest BCUT2D eigenvalue weighted by molar-refractivity contribution is 0.479. The largest absolute Gasteiger partial charge is 0.271 e. The van der Waals surface area contributed by atoms with Gasteiger partial charge in [-0.3, -0.25) is 11.3 Å². The van der Waals surface area contributed by atoms with Gasteiger partial charge in [0, 0.05) is 6.04 Å². The van der Waals surface area contributed by atoms with E-state index in [-0.39, 0.29) is 0 Å². The molecule has 0 aliphatic carbocycles. The lowest BCUT2D eigenvalue weighted by atomic mass is 10.0. The third kappa shape index (κ3) is 4.77. The highest BCUT2D eigenvalue weighted by atomic mass is 15.2. The molecule has 1 unspecified atom stereocenters. The summed E-state index contributed by atoms with van der Waals surface area (Å²) in [5.41, 5.74) is 4.20. The first-order chi connectivity index (χ1) is 7.88. The molecule has 0 aliphatic rings. The summed E-state index contributed by atoms with van der Waals surface area (Å²) in [6.45, 7) is 2.24. The number of rotatable bonds is 8. The fourth-order valence-electron chi connectivity index (χ4n) is 1.98. The summed E-state index contributed by atoms with van der Waals surface area (Å²) >= 11 is 0. The standard InChI is InChI=1S/C14H24N2/c1-2-3-4-5-9-12-14(16-15)13-10-7-6-8-11-13/h6-8,10-11,14,16H,2-5,9,12,15H2,1H3. The van der Waals surface area contributed by atoms with Crippen molar-refractivity contribution in [1.29, 1.82) is 0 Å². The molecule has 0 amide bonds. The first kappa shape index (κ1) is 13.2. The predicted molar refractivity (Wildman–Crippen MR) is 69.9 cm³/mol. The molecule has 0 saturated heterocycles. The number of hydrazine groups is 1. The molecule has 90 valence electrons. The molecule has 0 aromatic heterocycles. The summed E-state index contributed by atoms with van der Waals surface area (Å²) in [4.78, 5) is 0. The fourth-order valence-corrected chi connectivity index (χ4v) is 1.98. The Balaban J connectivity index is 2.27. The van der Waals surface area contributed by atoms with Gasteiger partial charge in [-0.05, 0) is 12.0 Å². The normalized spacial score (nSPS) is 12.6. The van der Waals surface area contributed by atoms with Crippen LogP contribution in [-0.4, -0.2) is 0 Å². The average Bonchev–Trinajstić information content (AvgIpc) is 2.35. The highest BCUT2D eigenvalue weighted by Gasteiger charge is 2.07. The van der Waals surface area contributed by atoms with Gasteiger partial charge in [0.25, 0.3) is 0 Å². The van der Waals surface area contributed by atoms with Gasteiger partial charge in [-0.15, -0.1) is 0 Å². The Bertz CT molecular complexity index is 259. The van der Waals surface area contributed by atoms with Crippen molar-refractivity contribution in [3.05, 3.63) is 35.9 Å². The lowest BCUT2D eigenvalue weighted by Gasteiger charge is -2.15. The first-order valence-corrected chi connectivity index (χ1v) is 6.39. The monoisotopic (exact) mass is 220 g/mol. The fraction of sp³-hybridized carbons (Fsp3) is 0.571. The second kappa shape index (κ2) is 8.31. The molecule has 1 aromatic rings. The number of hydrogen-bond donors (Lipinski definition) is 2. The number of nitrogens with two attached hydrogens (primary N) is 1. The van der Waals surface area contributed by atoms with Gasteiger partial charge in [-0.1, -0.05) is 69.4 Å². The maximum absolute atomic E-state index is 5.60. The number of unbranched alkanes of at least 4 members (excludes halogenated alkanes) is 4. The van der Waals surface area contributed by atoms with Gasteiger partial charge in [0.05, 0.1) is 0 Å². The molecule has 0 spiro atoms. The van der Waals surface area contributed by atoms with Gasteiger partial charge in [0.1, 0.15) is 0 Å². The highest BCUT2D eigenvalue weighted by molar-refractivity contribution is 5.18. The van der Waals surface area contributed by atoms with Crippen LogP contribution in [0.25, 0.3) is 0 Å². The topological polar surface area (TPSA) is 38.0 Å².